The lowest BCUT2D eigenvalue weighted by molar-refractivity contribution is -0.369. The number of hydrogen-bond donors (Lipinski definition) is 0. The van der Waals surface area contributed by atoms with Crippen molar-refractivity contribution >= 4 is 57.1 Å². The highest BCUT2D eigenvalue weighted by Crippen LogP contribution is 2.55. The molecule has 4 nitrogen and oxygen atoms in total. The van der Waals surface area contributed by atoms with Gasteiger partial charge in [0.05, 0.1) is 10.3 Å². The smallest absolute Gasteiger partial charge is 0.378 e. The van der Waals surface area contributed by atoms with E-state index in [1.54, 1.807) is 0 Å². The molecular formula is C14H16F8I2O4. The zero-order chi connectivity index (χ0) is 22.6. The molecule has 0 aliphatic rings. The third-order valence-electron chi connectivity index (χ3n) is 3.25. The van der Waals surface area contributed by atoms with Gasteiger partial charge in [0.1, 0.15) is 12.7 Å². The van der Waals surface area contributed by atoms with Gasteiger partial charge in [-0.25, -0.2) is 0 Å². The van der Waals surface area contributed by atoms with Gasteiger partial charge in [-0.2, -0.15) is 35.1 Å². The number of ether oxygens (including phenoxy) is 2. The molecular weight excluding hydrogens is 638 g/mol. The Morgan fingerprint density at radius 3 is 1.64 bits per heavy atom. The Morgan fingerprint density at radius 1 is 0.857 bits per heavy atom. The van der Waals surface area contributed by atoms with Crippen LogP contribution in [0.5, 0.6) is 0 Å². The van der Waals surface area contributed by atoms with Gasteiger partial charge in [0.15, 0.2) is 0 Å². The Labute approximate surface area is 182 Å². The van der Waals surface area contributed by atoms with Gasteiger partial charge in [-0.15, -0.1) is 0 Å². The largest absolute Gasteiger partial charge is 0.465 e. The van der Waals surface area contributed by atoms with E-state index in [-0.39, 0.29) is 0 Å². The van der Waals surface area contributed by atoms with E-state index >= 15 is 0 Å². The van der Waals surface area contributed by atoms with Crippen LogP contribution in [0.2, 0.25) is 0 Å². The molecule has 0 fully saturated rings. The zero-order valence-corrected chi connectivity index (χ0v) is 18.7. The number of hydrogen-bond acceptors (Lipinski definition) is 4. The summed E-state index contributed by atoms with van der Waals surface area (Å²) in [4.78, 5) is 21.4. The molecule has 0 aromatic rings. The van der Waals surface area contributed by atoms with Gasteiger partial charge in [-0.3, -0.25) is 9.59 Å². The summed E-state index contributed by atoms with van der Waals surface area (Å²) >= 11 is 2.53. The van der Waals surface area contributed by atoms with Crippen molar-refractivity contribution in [2.24, 2.45) is 0 Å². The first-order valence-corrected chi connectivity index (χ1v) is 10.2. The van der Waals surface area contributed by atoms with Crippen molar-refractivity contribution in [2.75, 3.05) is 11.0 Å². The minimum Gasteiger partial charge on any atom is -0.465 e. The molecule has 0 aliphatic carbocycles. The van der Waals surface area contributed by atoms with Crippen LogP contribution in [-0.2, 0) is 19.1 Å². The number of carbonyl (C=O) groups is 2. The highest BCUT2D eigenvalue weighted by molar-refractivity contribution is 14.1. The third-order valence-corrected chi connectivity index (χ3v) is 5.03. The molecule has 0 aliphatic heterocycles. The van der Waals surface area contributed by atoms with Crippen molar-refractivity contribution in [1.29, 1.82) is 0 Å². The molecule has 0 aromatic carbocycles. The molecule has 0 spiro atoms. The molecule has 0 bridgehead atoms. The zero-order valence-electron chi connectivity index (χ0n) is 14.4. The predicted molar refractivity (Wildman–Crippen MR) is 97.9 cm³/mol. The Balaban J connectivity index is 5.55. The maximum absolute atomic E-state index is 13.9. The second-order valence-corrected chi connectivity index (χ2v) is 8.39. The van der Waals surface area contributed by atoms with Gasteiger partial charge in [0.25, 0.3) is 0 Å². The maximum Gasteiger partial charge on any atom is 0.378 e. The fourth-order valence-electron chi connectivity index (χ4n) is 1.91. The predicted octanol–water partition coefficient (Wildman–Crippen LogP) is 5.04. The molecule has 0 aromatic heterocycles. The summed E-state index contributed by atoms with van der Waals surface area (Å²) in [5.74, 6) is -26.1. The van der Waals surface area contributed by atoms with Crippen LogP contribution in [-0.4, -0.2) is 56.7 Å². The molecule has 0 heterocycles. The van der Waals surface area contributed by atoms with E-state index < -0.39 is 69.5 Å². The van der Waals surface area contributed by atoms with E-state index in [9.17, 15) is 44.7 Å². The van der Waals surface area contributed by atoms with Crippen molar-refractivity contribution in [3.05, 3.63) is 0 Å². The topological polar surface area (TPSA) is 52.6 Å². The first-order chi connectivity index (χ1) is 12.4. The highest BCUT2D eigenvalue weighted by atomic mass is 127. The number of halogens is 10. The second-order valence-electron chi connectivity index (χ2n) is 5.75. The Morgan fingerprint density at radius 2 is 1.29 bits per heavy atom. The van der Waals surface area contributed by atoms with Gasteiger partial charge < -0.3 is 9.47 Å². The summed E-state index contributed by atoms with van der Waals surface area (Å²) in [5, 5.41) is 0. The van der Waals surface area contributed by atoms with E-state index in [1.807, 2.05) is 0 Å². The van der Waals surface area contributed by atoms with Crippen LogP contribution < -0.4 is 0 Å². The van der Waals surface area contributed by atoms with Crippen LogP contribution in [0.3, 0.4) is 0 Å². The molecule has 2 unspecified atom stereocenters. The fraction of sp³-hybridized carbons (Fsp3) is 0.857. The highest BCUT2D eigenvalue weighted by Gasteiger charge is 2.80. The van der Waals surface area contributed by atoms with Gasteiger partial charge in [0.2, 0.25) is 0 Å². The molecule has 0 amide bonds. The summed E-state index contributed by atoms with van der Waals surface area (Å²) in [5.41, 5.74) is 0. The Kier molecular flexibility index (Phi) is 10.2. The number of rotatable bonds is 11. The van der Waals surface area contributed by atoms with E-state index in [0.29, 0.717) is 0 Å². The second kappa shape index (κ2) is 10.2. The normalized spacial score (nSPS) is 15.7. The molecule has 0 N–H and O–H groups in total. The van der Waals surface area contributed by atoms with Gasteiger partial charge in [-0.1, -0.05) is 45.2 Å². The van der Waals surface area contributed by atoms with Crippen molar-refractivity contribution in [3.63, 3.8) is 0 Å². The molecule has 166 valence electrons. The first-order valence-electron chi connectivity index (χ1n) is 7.43. The van der Waals surface area contributed by atoms with E-state index in [4.69, 9.17) is 0 Å². The lowest BCUT2D eigenvalue weighted by atomic mass is 9.93. The number of esters is 2. The minimum absolute atomic E-state index is 0.455. The van der Waals surface area contributed by atoms with Crippen molar-refractivity contribution < 1.29 is 54.2 Å². The van der Waals surface area contributed by atoms with Crippen molar-refractivity contribution in [3.8, 4) is 0 Å². The first kappa shape index (κ1) is 27.8. The number of alkyl halides is 10. The third kappa shape index (κ3) is 6.97. The molecule has 0 saturated carbocycles. The Bertz CT molecular complexity index is 559. The summed E-state index contributed by atoms with van der Waals surface area (Å²) in [6.45, 7) is 0.881. The van der Waals surface area contributed by atoms with Crippen molar-refractivity contribution in [1.82, 2.24) is 0 Å². The van der Waals surface area contributed by atoms with Gasteiger partial charge in [-0.05, 0) is 0 Å². The molecule has 0 radical (unpaired) electrons. The molecule has 28 heavy (non-hydrogen) atoms. The van der Waals surface area contributed by atoms with Crippen LogP contribution in [0.1, 0.15) is 26.7 Å². The lowest BCUT2D eigenvalue weighted by Gasteiger charge is -2.38. The fourth-order valence-corrected chi connectivity index (χ4v) is 3.13. The molecule has 14 heteroatoms. The average molecular weight is 654 g/mol. The summed E-state index contributed by atoms with van der Waals surface area (Å²) < 4.78 is 117. The van der Waals surface area contributed by atoms with Crippen LogP contribution in [0, 0.1) is 0 Å². The standard InChI is InChI=1S/C14H16F8I2O4/c1-7(25)27-6-9(24)3-11(15,16)13(19,20)14(21,22)12(17,18)4-10(5-23)28-8(2)26/h9-10H,3-6H2,1-2H3. The SMILES string of the molecule is CC(=O)OCC(I)CC(F)(F)C(F)(F)C(F)(F)C(F)(F)CC(CI)OC(C)=O. The van der Waals surface area contributed by atoms with Crippen LogP contribution in [0.25, 0.3) is 0 Å². The molecule has 0 rings (SSSR count). The molecule has 2 atom stereocenters. The van der Waals surface area contributed by atoms with Crippen LogP contribution >= 0.6 is 45.2 Å². The van der Waals surface area contributed by atoms with E-state index in [1.165, 1.54) is 22.6 Å². The average Bonchev–Trinajstić information content (AvgIpc) is 2.50. The van der Waals surface area contributed by atoms with Crippen molar-refractivity contribution in [2.45, 2.75) is 60.4 Å². The molecule has 0 saturated heterocycles. The van der Waals surface area contributed by atoms with Crippen LogP contribution in [0.4, 0.5) is 35.1 Å². The quantitative estimate of drug-likeness (QED) is 0.136. The summed E-state index contributed by atoms with van der Waals surface area (Å²) in [6, 6.07) is 0. The minimum atomic E-state index is -6.45. The maximum atomic E-state index is 13.9. The van der Waals surface area contributed by atoms with Gasteiger partial charge in [0, 0.05) is 24.7 Å². The Hall–Kier alpha value is -0.160. The van der Waals surface area contributed by atoms with Crippen LogP contribution in [0.15, 0.2) is 0 Å². The lowest BCUT2D eigenvalue weighted by Crippen LogP contribution is -2.63. The summed E-state index contributed by atoms with van der Waals surface area (Å²) in [7, 11) is 0. The number of carbonyl (C=O) groups excluding carboxylic acids is 2. The van der Waals surface area contributed by atoms with Gasteiger partial charge >= 0.3 is 35.6 Å². The van der Waals surface area contributed by atoms with E-state index in [0.717, 1.165) is 36.4 Å². The summed E-state index contributed by atoms with van der Waals surface area (Å²) in [6.07, 6.45) is -5.90. The van der Waals surface area contributed by atoms with E-state index in [2.05, 4.69) is 9.47 Å². The monoisotopic (exact) mass is 654 g/mol.